The number of rotatable bonds is 4. The summed E-state index contributed by atoms with van der Waals surface area (Å²) in [5.74, 6) is 0.835. The van der Waals surface area contributed by atoms with E-state index in [1.54, 1.807) is 0 Å². The van der Waals surface area contributed by atoms with Gasteiger partial charge in [-0.1, -0.05) is 13.0 Å². The Bertz CT molecular complexity index is 479. The molecule has 1 saturated heterocycles. The lowest BCUT2D eigenvalue weighted by molar-refractivity contribution is -0.126. The van der Waals surface area contributed by atoms with Gasteiger partial charge in [-0.05, 0) is 57.5 Å². The molecule has 0 atom stereocenters. The highest BCUT2D eigenvalue weighted by molar-refractivity contribution is 5.96. The average Bonchev–Trinajstić information content (AvgIpc) is 2.43. The Hall–Kier alpha value is -1.55. The molecule has 1 aromatic rings. The normalized spacial score (nSPS) is 17.6. The molecule has 1 aliphatic heterocycles. The third-order valence-corrected chi connectivity index (χ3v) is 3.94. The predicted octanol–water partition coefficient (Wildman–Crippen LogP) is 2.72. The molecule has 0 aliphatic carbocycles. The highest BCUT2D eigenvalue weighted by atomic mass is 16.5. The highest BCUT2D eigenvalue weighted by Gasteiger charge is 2.34. The number of amides is 1. The van der Waals surface area contributed by atoms with Gasteiger partial charge in [-0.2, -0.15) is 0 Å². The van der Waals surface area contributed by atoms with Crippen LogP contribution in [-0.4, -0.2) is 25.6 Å². The van der Waals surface area contributed by atoms with Gasteiger partial charge in [-0.25, -0.2) is 0 Å². The van der Waals surface area contributed by atoms with Gasteiger partial charge in [-0.3, -0.25) is 4.79 Å². The Balaban J connectivity index is 2.14. The Kier molecular flexibility index (Phi) is 4.65. The molecule has 0 bridgehead atoms. The zero-order chi connectivity index (χ0) is 14.6. The molecule has 0 unspecified atom stereocenters. The summed E-state index contributed by atoms with van der Waals surface area (Å²) in [4.78, 5) is 12.5. The van der Waals surface area contributed by atoms with E-state index < -0.39 is 0 Å². The van der Waals surface area contributed by atoms with Gasteiger partial charge in [0.05, 0.1) is 12.3 Å². The van der Waals surface area contributed by atoms with Gasteiger partial charge in [-0.15, -0.1) is 0 Å². The van der Waals surface area contributed by atoms with Crippen molar-refractivity contribution >= 4 is 11.6 Å². The van der Waals surface area contributed by atoms with Crippen molar-refractivity contribution < 1.29 is 9.53 Å². The van der Waals surface area contributed by atoms with E-state index in [0.717, 1.165) is 42.9 Å². The number of nitrogens with one attached hydrogen (secondary N) is 2. The first kappa shape index (κ1) is 14.9. The number of carbonyl (C=O) groups is 1. The zero-order valence-corrected chi connectivity index (χ0v) is 12.6. The maximum atomic E-state index is 12.5. The molecule has 2 rings (SSSR count). The van der Waals surface area contributed by atoms with Crippen molar-refractivity contribution in [3.63, 3.8) is 0 Å². The monoisotopic (exact) mass is 276 g/mol. The van der Waals surface area contributed by atoms with Crippen LogP contribution >= 0.6 is 0 Å². The van der Waals surface area contributed by atoms with Crippen LogP contribution in [0.3, 0.4) is 0 Å². The highest BCUT2D eigenvalue weighted by Crippen LogP contribution is 2.32. The molecule has 20 heavy (non-hydrogen) atoms. The second-order valence-corrected chi connectivity index (χ2v) is 5.70. The van der Waals surface area contributed by atoms with Gasteiger partial charge in [0, 0.05) is 5.41 Å². The number of ether oxygens (including phenoxy) is 1. The van der Waals surface area contributed by atoms with Crippen molar-refractivity contribution in [1.29, 1.82) is 0 Å². The van der Waals surface area contributed by atoms with E-state index in [1.807, 2.05) is 39.0 Å². The maximum absolute atomic E-state index is 12.5. The lowest BCUT2D eigenvalue weighted by Gasteiger charge is -2.32. The molecule has 0 spiro atoms. The van der Waals surface area contributed by atoms with E-state index in [1.165, 1.54) is 0 Å². The molecule has 110 valence electrons. The van der Waals surface area contributed by atoms with E-state index in [4.69, 9.17) is 4.74 Å². The minimum atomic E-state index is -0.292. The third-order valence-electron chi connectivity index (χ3n) is 3.94. The van der Waals surface area contributed by atoms with Crippen LogP contribution in [-0.2, 0) is 4.79 Å². The van der Waals surface area contributed by atoms with Crippen LogP contribution in [0.5, 0.6) is 5.75 Å². The summed E-state index contributed by atoms with van der Waals surface area (Å²) >= 11 is 0. The molecule has 1 amide bonds. The lowest BCUT2D eigenvalue weighted by Crippen LogP contribution is -2.42. The minimum absolute atomic E-state index is 0.0869. The van der Waals surface area contributed by atoms with Crippen LogP contribution < -0.4 is 15.4 Å². The summed E-state index contributed by atoms with van der Waals surface area (Å²) in [6.45, 7) is 8.39. The van der Waals surface area contributed by atoms with Crippen molar-refractivity contribution in [2.24, 2.45) is 5.41 Å². The molecule has 0 aromatic heterocycles. The zero-order valence-electron chi connectivity index (χ0n) is 12.6. The standard InChI is InChI=1S/C16H24N2O2/c1-4-20-14-11-12(2)5-6-13(14)18-15(19)16(3)7-9-17-10-8-16/h5-6,11,17H,4,7-10H2,1-3H3,(H,18,19). The van der Waals surface area contributed by atoms with Crippen LogP contribution in [0.4, 0.5) is 5.69 Å². The van der Waals surface area contributed by atoms with Gasteiger partial charge in [0.25, 0.3) is 0 Å². The van der Waals surface area contributed by atoms with Crippen LogP contribution in [0.1, 0.15) is 32.3 Å². The SMILES string of the molecule is CCOc1cc(C)ccc1NC(=O)C1(C)CCNCC1. The number of carbonyl (C=O) groups excluding carboxylic acids is 1. The summed E-state index contributed by atoms with van der Waals surface area (Å²) < 4.78 is 5.61. The van der Waals surface area contributed by atoms with Gasteiger partial charge in [0.1, 0.15) is 5.75 Å². The Labute approximate surface area is 120 Å². The first-order chi connectivity index (χ1) is 9.55. The molecule has 1 heterocycles. The molecule has 1 fully saturated rings. The van der Waals surface area contributed by atoms with E-state index in [2.05, 4.69) is 10.6 Å². The van der Waals surface area contributed by atoms with Gasteiger partial charge in [0.15, 0.2) is 0 Å². The minimum Gasteiger partial charge on any atom is -0.492 e. The number of aryl methyl sites for hydroxylation is 1. The lowest BCUT2D eigenvalue weighted by atomic mass is 9.80. The van der Waals surface area contributed by atoms with E-state index in [9.17, 15) is 4.79 Å². The quantitative estimate of drug-likeness (QED) is 0.889. The van der Waals surface area contributed by atoms with Crippen LogP contribution in [0.15, 0.2) is 18.2 Å². The summed E-state index contributed by atoms with van der Waals surface area (Å²) in [7, 11) is 0. The average molecular weight is 276 g/mol. The molecule has 0 saturated carbocycles. The molecule has 0 radical (unpaired) electrons. The Morgan fingerprint density at radius 2 is 2.10 bits per heavy atom. The maximum Gasteiger partial charge on any atom is 0.230 e. The van der Waals surface area contributed by atoms with Crippen LogP contribution in [0.2, 0.25) is 0 Å². The fraction of sp³-hybridized carbons (Fsp3) is 0.562. The van der Waals surface area contributed by atoms with Gasteiger partial charge < -0.3 is 15.4 Å². The second kappa shape index (κ2) is 6.27. The number of hydrogen-bond acceptors (Lipinski definition) is 3. The summed E-state index contributed by atoms with van der Waals surface area (Å²) in [5, 5.41) is 6.33. The van der Waals surface area contributed by atoms with Crippen LogP contribution in [0.25, 0.3) is 0 Å². The number of piperidine rings is 1. The second-order valence-electron chi connectivity index (χ2n) is 5.70. The summed E-state index contributed by atoms with van der Waals surface area (Å²) in [6, 6.07) is 5.87. The third kappa shape index (κ3) is 3.31. The molecular formula is C16H24N2O2. The van der Waals surface area contributed by atoms with Crippen molar-refractivity contribution in [3.05, 3.63) is 23.8 Å². The fourth-order valence-corrected chi connectivity index (χ4v) is 2.49. The smallest absolute Gasteiger partial charge is 0.230 e. The molecule has 4 heteroatoms. The van der Waals surface area contributed by atoms with Gasteiger partial charge >= 0.3 is 0 Å². The van der Waals surface area contributed by atoms with Crippen molar-refractivity contribution in [3.8, 4) is 5.75 Å². The van der Waals surface area contributed by atoms with E-state index in [-0.39, 0.29) is 11.3 Å². The topological polar surface area (TPSA) is 50.4 Å². The molecular weight excluding hydrogens is 252 g/mol. The van der Waals surface area contributed by atoms with E-state index >= 15 is 0 Å². The van der Waals surface area contributed by atoms with Gasteiger partial charge in [0.2, 0.25) is 5.91 Å². The molecule has 1 aliphatic rings. The van der Waals surface area contributed by atoms with E-state index in [0.29, 0.717) is 6.61 Å². The Morgan fingerprint density at radius 1 is 1.40 bits per heavy atom. The van der Waals surface area contributed by atoms with Crippen molar-refractivity contribution in [2.45, 2.75) is 33.6 Å². The summed E-state index contributed by atoms with van der Waals surface area (Å²) in [6.07, 6.45) is 1.74. The number of hydrogen-bond donors (Lipinski definition) is 2. The summed E-state index contributed by atoms with van der Waals surface area (Å²) in [5.41, 5.74) is 1.60. The van der Waals surface area contributed by atoms with Crippen LogP contribution in [0, 0.1) is 12.3 Å². The fourth-order valence-electron chi connectivity index (χ4n) is 2.49. The Morgan fingerprint density at radius 3 is 2.75 bits per heavy atom. The molecule has 1 aromatic carbocycles. The first-order valence-corrected chi connectivity index (χ1v) is 7.31. The number of anilines is 1. The molecule has 2 N–H and O–H groups in total. The number of benzene rings is 1. The van der Waals surface area contributed by atoms with Crippen molar-refractivity contribution in [1.82, 2.24) is 5.32 Å². The predicted molar refractivity (Wildman–Crippen MR) is 81.2 cm³/mol. The first-order valence-electron chi connectivity index (χ1n) is 7.31. The molecule has 4 nitrogen and oxygen atoms in total. The largest absolute Gasteiger partial charge is 0.492 e. The van der Waals surface area contributed by atoms with Crippen molar-refractivity contribution in [2.75, 3.05) is 25.0 Å².